The van der Waals surface area contributed by atoms with E-state index in [0.29, 0.717) is 17.5 Å². The first-order valence-corrected chi connectivity index (χ1v) is 18.5. The van der Waals surface area contributed by atoms with Crippen LogP contribution in [0, 0.1) is 0 Å². The van der Waals surface area contributed by atoms with Crippen LogP contribution in [0.15, 0.2) is 156 Å². The Morgan fingerprint density at radius 2 is 0.941 bits per heavy atom. The molecule has 0 amide bonds. The van der Waals surface area contributed by atoms with Gasteiger partial charge in [0.25, 0.3) is 0 Å². The largest absolute Gasteiger partial charge is 0.456 e. The minimum absolute atomic E-state index is 0.609. The monoisotopic (exact) mass is 687 g/mol. The van der Waals surface area contributed by atoms with Crippen molar-refractivity contribution < 1.29 is 4.42 Å². The molecule has 0 spiro atoms. The number of nitrogens with zero attached hydrogens (tertiary/aromatic N) is 3. The zero-order valence-electron chi connectivity index (χ0n) is 27.0. The first kappa shape index (κ1) is 28.6. The molecule has 0 fully saturated rings. The summed E-state index contributed by atoms with van der Waals surface area (Å²) in [7, 11) is 0. The number of hydrogen-bond donors (Lipinski definition) is 0. The summed E-state index contributed by atoms with van der Waals surface area (Å²) in [4.78, 5) is 15.5. The maximum absolute atomic E-state index is 6.59. The van der Waals surface area contributed by atoms with Gasteiger partial charge in [-0.25, -0.2) is 15.0 Å². The quantitative estimate of drug-likeness (QED) is 0.185. The van der Waals surface area contributed by atoms with E-state index >= 15 is 0 Å². The summed E-state index contributed by atoms with van der Waals surface area (Å²) < 4.78 is 11.7. The molecule has 11 rings (SSSR count). The molecule has 238 valence electrons. The Bertz CT molecular complexity index is 3160. The molecule has 0 saturated carbocycles. The summed E-state index contributed by atoms with van der Waals surface area (Å²) in [6.07, 6.45) is 0. The van der Waals surface area contributed by atoms with E-state index in [1.54, 1.807) is 0 Å². The SMILES string of the molecule is c1ccc(-c2nc(-c3ccc4sc5ccccc5c4c3)nc(-c3cccc4oc5cccc(-c6cccc7c6sc6ccccc67)c5c34)n2)cc1. The highest BCUT2D eigenvalue weighted by Gasteiger charge is 2.21. The van der Waals surface area contributed by atoms with E-state index < -0.39 is 0 Å². The van der Waals surface area contributed by atoms with Crippen molar-refractivity contribution in [1.29, 1.82) is 0 Å². The summed E-state index contributed by atoms with van der Waals surface area (Å²) >= 11 is 3.65. The topological polar surface area (TPSA) is 51.8 Å². The van der Waals surface area contributed by atoms with Gasteiger partial charge in [-0.3, -0.25) is 0 Å². The normalized spacial score (nSPS) is 11.9. The molecule has 0 unspecified atom stereocenters. The number of fused-ring (bicyclic) bond motifs is 9. The fourth-order valence-corrected chi connectivity index (χ4v) is 9.76. The molecule has 0 aliphatic rings. The van der Waals surface area contributed by atoms with Gasteiger partial charge in [-0.05, 0) is 48.0 Å². The standard InChI is InChI=1S/C45H25N3OS2/c1-2-11-26(12-3-1)43-46-44(27-23-24-39-34(25-27)29-14-5-6-21-37(29)50-39)48-45(47-43)33-18-10-20-36-41(33)40-30(15-9-19-35(40)49-36)32-17-8-16-31-28-13-4-7-22-38(28)51-42(31)32/h1-25H. The molecule has 0 atom stereocenters. The van der Waals surface area contributed by atoms with Crippen molar-refractivity contribution >= 4 is 85.0 Å². The van der Waals surface area contributed by atoms with Crippen LogP contribution in [-0.4, -0.2) is 15.0 Å². The van der Waals surface area contributed by atoms with E-state index in [9.17, 15) is 0 Å². The number of thiophene rings is 2. The molecule has 11 aromatic rings. The van der Waals surface area contributed by atoms with Crippen LogP contribution in [0.3, 0.4) is 0 Å². The minimum atomic E-state index is 0.609. The lowest BCUT2D eigenvalue weighted by Gasteiger charge is -2.10. The number of rotatable bonds is 4. The van der Waals surface area contributed by atoms with Crippen LogP contribution in [0.5, 0.6) is 0 Å². The highest BCUT2D eigenvalue weighted by Crippen LogP contribution is 2.46. The van der Waals surface area contributed by atoms with Crippen molar-refractivity contribution in [1.82, 2.24) is 15.0 Å². The van der Waals surface area contributed by atoms with Crippen molar-refractivity contribution in [3.05, 3.63) is 152 Å². The van der Waals surface area contributed by atoms with Gasteiger partial charge in [0, 0.05) is 73.4 Å². The van der Waals surface area contributed by atoms with Crippen LogP contribution in [0.2, 0.25) is 0 Å². The van der Waals surface area contributed by atoms with Gasteiger partial charge in [-0.2, -0.15) is 0 Å². The van der Waals surface area contributed by atoms with Gasteiger partial charge < -0.3 is 4.42 Å². The Morgan fingerprint density at radius 3 is 1.75 bits per heavy atom. The maximum Gasteiger partial charge on any atom is 0.164 e. The van der Waals surface area contributed by atoms with Crippen LogP contribution in [0.1, 0.15) is 0 Å². The van der Waals surface area contributed by atoms with Crippen LogP contribution < -0.4 is 0 Å². The van der Waals surface area contributed by atoms with Crippen molar-refractivity contribution in [2.24, 2.45) is 0 Å². The molecule has 6 heteroatoms. The van der Waals surface area contributed by atoms with E-state index in [-0.39, 0.29) is 0 Å². The second-order valence-electron chi connectivity index (χ2n) is 12.7. The third kappa shape index (κ3) is 4.47. The van der Waals surface area contributed by atoms with E-state index in [0.717, 1.165) is 44.2 Å². The highest BCUT2D eigenvalue weighted by molar-refractivity contribution is 7.26. The molecule has 0 N–H and O–H groups in total. The van der Waals surface area contributed by atoms with Crippen LogP contribution in [0.25, 0.3) is 108 Å². The van der Waals surface area contributed by atoms with E-state index in [2.05, 4.69) is 121 Å². The molecule has 0 radical (unpaired) electrons. The van der Waals surface area contributed by atoms with Gasteiger partial charge in [-0.15, -0.1) is 22.7 Å². The van der Waals surface area contributed by atoms with Crippen molar-refractivity contribution in [2.75, 3.05) is 0 Å². The third-order valence-electron chi connectivity index (χ3n) is 9.76. The highest BCUT2D eigenvalue weighted by atomic mass is 32.1. The Hall–Kier alpha value is -6.21. The van der Waals surface area contributed by atoms with Crippen molar-refractivity contribution in [2.45, 2.75) is 0 Å². The fraction of sp³-hybridized carbons (Fsp3) is 0. The molecule has 4 heterocycles. The number of hydrogen-bond acceptors (Lipinski definition) is 6. The van der Waals surface area contributed by atoms with Gasteiger partial charge in [0.2, 0.25) is 0 Å². The first-order chi connectivity index (χ1) is 25.3. The summed E-state index contributed by atoms with van der Waals surface area (Å²) in [5.41, 5.74) is 6.75. The summed E-state index contributed by atoms with van der Waals surface area (Å²) in [5, 5.41) is 7.05. The summed E-state index contributed by atoms with van der Waals surface area (Å²) in [6.45, 7) is 0. The molecule has 4 aromatic heterocycles. The van der Waals surface area contributed by atoms with Crippen LogP contribution >= 0.6 is 22.7 Å². The Balaban J connectivity index is 1.18. The zero-order chi connectivity index (χ0) is 33.5. The summed E-state index contributed by atoms with van der Waals surface area (Å²) in [6, 6.07) is 53.1. The lowest BCUT2D eigenvalue weighted by Crippen LogP contribution is -2.00. The zero-order valence-corrected chi connectivity index (χ0v) is 28.6. The number of benzene rings is 7. The van der Waals surface area contributed by atoms with Gasteiger partial charge >= 0.3 is 0 Å². The van der Waals surface area contributed by atoms with E-state index in [4.69, 9.17) is 19.4 Å². The molecule has 4 nitrogen and oxygen atoms in total. The molecule has 0 saturated heterocycles. The number of aromatic nitrogens is 3. The molecule has 0 bridgehead atoms. The van der Waals surface area contributed by atoms with Crippen LogP contribution in [0.4, 0.5) is 0 Å². The molecular formula is C45H25N3OS2. The number of furan rings is 1. The average Bonchev–Trinajstić information content (AvgIpc) is 3.89. The molecule has 0 aliphatic carbocycles. The lowest BCUT2D eigenvalue weighted by atomic mass is 9.96. The smallest absolute Gasteiger partial charge is 0.164 e. The van der Waals surface area contributed by atoms with E-state index in [1.165, 1.54) is 45.9 Å². The van der Waals surface area contributed by atoms with E-state index in [1.807, 2.05) is 53.0 Å². The fourth-order valence-electron chi connectivity index (χ4n) is 7.44. The van der Waals surface area contributed by atoms with Gasteiger partial charge in [0.05, 0.1) is 0 Å². The van der Waals surface area contributed by atoms with Gasteiger partial charge in [0.1, 0.15) is 11.2 Å². The maximum atomic E-state index is 6.59. The molecular weight excluding hydrogens is 663 g/mol. The first-order valence-electron chi connectivity index (χ1n) is 16.9. The van der Waals surface area contributed by atoms with Crippen LogP contribution in [-0.2, 0) is 0 Å². The van der Waals surface area contributed by atoms with Crippen molar-refractivity contribution in [3.8, 4) is 45.3 Å². The molecule has 7 aromatic carbocycles. The summed E-state index contributed by atoms with van der Waals surface area (Å²) in [5.74, 6) is 1.87. The van der Waals surface area contributed by atoms with Gasteiger partial charge in [-0.1, -0.05) is 109 Å². The Labute approximate surface area is 299 Å². The third-order valence-corrected chi connectivity index (χ3v) is 12.1. The Morgan fingerprint density at radius 1 is 0.373 bits per heavy atom. The Kier molecular flexibility index (Phi) is 6.26. The lowest BCUT2D eigenvalue weighted by molar-refractivity contribution is 0.669. The predicted octanol–water partition coefficient (Wildman–Crippen LogP) is 13.2. The van der Waals surface area contributed by atoms with Gasteiger partial charge in [0.15, 0.2) is 17.5 Å². The second-order valence-corrected chi connectivity index (χ2v) is 14.9. The average molecular weight is 688 g/mol. The molecule has 0 aliphatic heterocycles. The minimum Gasteiger partial charge on any atom is -0.456 e. The molecule has 51 heavy (non-hydrogen) atoms. The predicted molar refractivity (Wildman–Crippen MR) is 215 cm³/mol. The van der Waals surface area contributed by atoms with Crippen molar-refractivity contribution in [3.63, 3.8) is 0 Å². The second kappa shape index (κ2) is 11.2.